The molecule has 176 valence electrons. The van der Waals surface area contributed by atoms with Crippen molar-refractivity contribution in [2.24, 2.45) is 0 Å². The Morgan fingerprint density at radius 3 is 2.47 bits per heavy atom. The molecule has 0 aliphatic heterocycles. The Kier molecular flexibility index (Phi) is 6.82. The Morgan fingerprint density at radius 1 is 1.09 bits per heavy atom. The van der Waals surface area contributed by atoms with Gasteiger partial charge in [-0.1, -0.05) is 36.4 Å². The van der Waals surface area contributed by atoms with Gasteiger partial charge in [0.1, 0.15) is 5.82 Å². The van der Waals surface area contributed by atoms with E-state index in [4.69, 9.17) is 0 Å². The van der Waals surface area contributed by atoms with Crippen LogP contribution in [0.3, 0.4) is 0 Å². The smallest absolute Gasteiger partial charge is 0.123 e. The van der Waals surface area contributed by atoms with E-state index in [2.05, 4.69) is 79.5 Å². The number of fused-ring (bicyclic) bond motifs is 1. The maximum Gasteiger partial charge on any atom is 0.123 e. The number of rotatable bonds is 9. The minimum absolute atomic E-state index is 0.0524. The Balaban J connectivity index is 1.76. The van der Waals surface area contributed by atoms with Gasteiger partial charge >= 0.3 is 0 Å². The van der Waals surface area contributed by atoms with Gasteiger partial charge in [-0.05, 0) is 68.3 Å². The highest BCUT2D eigenvalue weighted by molar-refractivity contribution is 5.92. The maximum atomic E-state index is 13.5. The number of aliphatic hydroxyl groups excluding tert-OH is 1. The Labute approximate surface area is 199 Å². The van der Waals surface area contributed by atoms with Crippen LogP contribution in [0.25, 0.3) is 22.3 Å². The number of halogens is 1. The SMILES string of the molecule is C=C(NCc1ccc(C)cc1)c1cc(C(C)(C)NCCO)cc2c1cnn2-c1ccc(F)cc1. The first-order chi connectivity index (χ1) is 16.3. The zero-order valence-electron chi connectivity index (χ0n) is 19.9. The molecule has 1 heterocycles. The predicted molar refractivity (Wildman–Crippen MR) is 136 cm³/mol. The van der Waals surface area contributed by atoms with Gasteiger partial charge in [0, 0.05) is 35.3 Å². The van der Waals surface area contributed by atoms with Crippen molar-refractivity contribution in [3.05, 3.63) is 102 Å². The first-order valence-corrected chi connectivity index (χ1v) is 11.4. The van der Waals surface area contributed by atoms with Crippen LogP contribution in [0.2, 0.25) is 0 Å². The lowest BCUT2D eigenvalue weighted by atomic mass is 9.90. The lowest BCUT2D eigenvalue weighted by molar-refractivity contribution is 0.267. The van der Waals surface area contributed by atoms with E-state index in [0.29, 0.717) is 13.1 Å². The summed E-state index contributed by atoms with van der Waals surface area (Å²) in [6.07, 6.45) is 1.82. The average molecular weight is 459 g/mol. The van der Waals surface area contributed by atoms with Crippen molar-refractivity contribution in [2.75, 3.05) is 13.2 Å². The van der Waals surface area contributed by atoms with E-state index in [1.165, 1.54) is 23.3 Å². The van der Waals surface area contributed by atoms with Gasteiger partial charge in [-0.3, -0.25) is 0 Å². The Hall–Kier alpha value is -3.48. The number of nitrogens with zero attached hydrogens (tertiary/aromatic N) is 2. The number of nitrogens with one attached hydrogen (secondary N) is 2. The summed E-state index contributed by atoms with van der Waals surface area (Å²) in [5.74, 6) is -0.287. The van der Waals surface area contributed by atoms with Gasteiger partial charge in [0.2, 0.25) is 0 Å². The lowest BCUT2D eigenvalue weighted by Crippen LogP contribution is -2.38. The summed E-state index contributed by atoms with van der Waals surface area (Å²) in [7, 11) is 0. The van der Waals surface area contributed by atoms with Crippen LogP contribution in [-0.4, -0.2) is 28.0 Å². The molecule has 0 unspecified atom stereocenters. The van der Waals surface area contributed by atoms with Crippen molar-refractivity contribution in [1.82, 2.24) is 20.4 Å². The van der Waals surface area contributed by atoms with Gasteiger partial charge in [-0.15, -0.1) is 0 Å². The normalized spacial score (nSPS) is 11.7. The molecule has 0 radical (unpaired) electrons. The van der Waals surface area contributed by atoms with Crippen LogP contribution in [0.5, 0.6) is 0 Å². The van der Waals surface area contributed by atoms with E-state index in [9.17, 15) is 9.50 Å². The summed E-state index contributed by atoms with van der Waals surface area (Å²) < 4.78 is 15.3. The van der Waals surface area contributed by atoms with Crippen LogP contribution in [0.1, 0.15) is 36.1 Å². The molecule has 5 nitrogen and oxygen atoms in total. The fourth-order valence-electron chi connectivity index (χ4n) is 4.01. The van der Waals surface area contributed by atoms with E-state index in [1.54, 1.807) is 12.1 Å². The molecular weight excluding hydrogens is 427 g/mol. The van der Waals surface area contributed by atoms with Crippen molar-refractivity contribution >= 4 is 16.6 Å². The lowest BCUT2D eigenvalue weighted by Gasteiger charge is -2.28. The molecule has 4 aromatic rings. The van der Waals surface area contributed by atoms with Gasteiger partial charge in [0.15, 0.2) is 0 Å². The number of aryl methyl sites for hydroxylation is 1. The third-order valence-corrected chi connectivity index (χ3v) is 6.11. The molecule has 0 spiro atoms. The number of aromatic nitrogens is 2. The molecule has 0 aliphatic rings. The molecule has 0 atom stereocenters. The molecule has 1 aromatic heterocycles. The van der Waals surface area contributed by atoms with Gasteiger partial charge in [-0.2, -0.15) is 5.10 Å². The topological polar surface area (TPSA) is 62.1 Å². The molecule has 3 N–H and O–H groups in total. The monoisotopic (exact) mass is 458 g/mol. The number of benzene rings is 3. The second kappa shape index (κ2) is 9.79. The highest BCUT2D eigenvalue weighted by Gasteiger charge is 2.23. The number of aliphatic hydroxyl groups is 1. The fourth-order valence-corrected chi connectivity index (χ4v) is 4.01. The van der Waals surface area contributed by atoms with E-state index in [1.807, 2.05) is 10.9 Å². The van der Waals surface area contributed by atoms with E-state index < -0.39 is 5.54 Å². The van der Waals surface area contributed by atoms with Crippen LogP contribution in [-0.2, 0) is 12.1 Å². The second-order valence-corrected chi connectivity index (χ2v) is 9.08. The number of hydrogen-bond donors (Lipinski definition) is 3. The third kappa shape index (κ3) is 5.03. The summed E-state index contributed by atoms with van der Waals surface area (Å²) in [5.41, 5.74) is 6.45. The van der Waals surface area contributed by atoms with Crippen molar-refractivity contribution in [2.45, 2.75) is 32.9 Å². The summed E-state index contributed by atoms with van der Waals surface area (Å²) in [4.78, 5) is 0. The standard InChI is InChI=1S/C28H31FN4O/c1-19-5-7-21(8-6-19)17-30-20(2)25-15-22(28(3,4)31-13-14-34)16-27-26(25)18-32-33(27)24-11-9-23(29)10-12-24/h5-12,15-16,18,30-31,34H,2,13-14,17H2,1,3-4H3. The molecule has 0 fully saturated rings. The molecule has 0 aliphatic carbocycles. The molecular formula is C28H31FN4O. The van der Waals surface area contributed by atoms with Crippen molar-refractivity contribution in [1.29, 1.82) is 0 Å². The maximum absolute atomic E-state index is 13.5. The Morgan fingerprint density at radius 2 is 1.79 bits per heavy atom. The van der Waals surface area contributed by atoms with E-state index in [0.717, 1.165) is 33.4 Å². The molecule has 0 saturated carbocycles. The van der Waals surface area contributed by atoms with Gasteiger partial charge in [0.05, 0.1) is 24.0 Å². The molecule has 4 rings (SSSR count). The third-order valence-electron chi connectivity index (χ3n) is 6.11. The minimum atomic E-state index is -0.402. The highest BCUT2D eigenvalue weighted by Crippen LogP contribution is 2.32. The fraction of sp³-hybridized carbons (Fsp3) is 0.250. The van der Waals surface area contributed by atoms with Crippen LogP contribution in [0.15, 0.2) is 73.4 Å². The van der Waals surface area contributed by atoms with Gasteiger partial charge < -0.3 is 15.7 Å². The summed E-state index contributed by atoms with van der Waals surface area (Å²) >= 11 is 0. The van der Waals surface area contributed by atoms with E-state index in [-0.39, 0.29) is 12.4 Å². The highest BCUT2D eigenvalue weighted by atomic mass is 19.1. The zero-order chi connectivity index (χ0) is 24.3. The van der Waals surface area contributed by atoms with Crippen molar-refractivity contribution < 1.29 is 9.50 Å². The van der Waals surface area contributed by atoms with Crippen molar-refractivity contribution in [3.8, 4) is 5.69 Å². The molecule has 0 saturated heterocycles. The molecule has 6 heteroatoms. The van der Waals surface area contributed by atoms with Gasteiger partial charge in [0.25, 0.3) is 0 Å². The van der Waals surface area contributed by atoms with E-state index >= 15 is 0 Å². The summed E-state index contributed by atoms with van der Waals surface area (Å²) in [6.45, 7) is 11.7. The van der Waals surface area contributed by atoms with Gasteiger partial charge in [-0.25, -0.2) is 9.07 Å². The minimum Gasteiger partial charge on any atom is -0.395 e. The average Bonchev–Trinajstić information content (AvgIpc) is 3.26. The predicted octanol–water partition coefficient (Wildman–Crippen LogP) is 5.05. The van der Waals surface area contributed by atoms with Crippen molar-refractivity contribution in [3.63, 3.8) is 0 Å². The Bertz CT molecular complexity index is 1290. The first kappa shape index (κ1) is 23.7. The van der Waals surface area contributed by atoms with Crippen LogP contribution >= 0.6 is 0 Å². The largest absolute Gasteiger partial charge is 0.395 e. The summed E-state index contributed by atoms with van der Waals surface area (Å²) in [5, 5.41) is 21.8. The molecule has 0 bridgehead atoms. The molecule has 0 amide bonds. The zero-order valence-corrected chi connectivity index (χ0v) is 19.9. The summed E-state index contributed by atoms with van der Waals surface area (Å²) in [6, 6.07) is 18.9. The second-order valence-electron chi connectivity index (χ2n) is 9.08. The van der Waals surface area contributed by atoms with Crippen LogP contribution < -0.4 is 10.6 Å². The van der Waals surface area contributed by atoms with Crippen LogP contribution in [0.4, 0.5) is 4.39 Å². The quantitative estimate of drug-likeness (QED) is 0.328. The van der Waals surface area contributed by atoms with Crippen LogP contribution in [0, 0.1) is 12.7 Å². The molecule has 34 heavy (non-hydrogen) atoms. The first-order valence-electron chi connectivity index (χ1n) is 11.4. The number of hydrogen-bond acceptors (Lipinski definition) is 4. The molecule has 3 aromatic carbocycles.